The maximum atomic E-state index is 12.6. The van der Waals surface area contributed by atoms with Crippen LogP contribution in [0.5, 0.6) is 11.5 Å². The van der Waals surface area contributed by atoms with Gasteiger partial charge < -0.3 is 23.2 Å². The van der Waals surface area contributed by atoms with Crippen LogP contribution in [0, 0.1) is 6.92 Å². The second-order valence-corrected chi connectivity index (χ2v) is 6.59. The summed E-state index contributed by atoms with van der Waals surface area (Å²) in [6.45, 7) is 2.08. The molecule has 0 saturated carbocycles. The largest absolute Gasteiger partial charge is 0.490 e. The molecular weight excluding hydrogens is 380 g/mol. The molecule has 9 heteroatoms. The van der Waals surface area contributed by atoms with E-state index in [0.717, 1.165) is 6.42 Å². The molecule has 0 radical (unpaired) electrons. The highest BCUT2D eigenvalue weighted by atomic mass is 16.5. The average molecular weight is 398 g/mol. The van der Waals surface area contributed by atoms with E-state index < -0.39 is 23.9 Å². The normalized spacial score (nSPS) is 13.2. The van der Waals surface area contributed by atoms with E-state index in [1.165, 1.54) is 24.9 Å². The average Bonchev–Trinajstić information content (AvgIpc) is 2.89. The lowest BCUT2D eigenvalue weighted by Crippen LogP contribution is -2.20. The molecule has 0 bridgehead atoms. The Kier molecular flexibility index (Phi) is 4.79. The van der Waals surface area contributed by atoms with Crippen molar-refractivity contribution in [2.75, 3.05) is 19.8 Å². The molecule has 0 saturated heterocycles. The minimum absolute atomic E-state index is 0.0276. The number of fused-ring (bicyclic) bond motifs is 2. The molecule has 0 fully saturated rings. The van der Waals surface area contributed by atoms with Crippen molar-refractivity contribution in [1.29, 1.82) is 0 Å². The number of rotatable bonds is 4. The van der Waals surface area contributed by atoms with E-state index in [9.17, 15) is 14.4 Å². The van der Waals surface area contributed by atoms with Gasteiger partial charge in [0.1, 0.15) is 23.0 Å². The van der Waals surface area contributed by atoms with Crippen LogP contribution >= 0.6 is 0 Å². The Bertz CT molecular complexity index is 1180. The number of aryl methyl sites for hydroxylation is 2. The number of carbonyl (C=O) groups excluding carboxylic acids is 2. The van der Waals surface area contributed by atoms with Crippen molar-refractivity contribution in [3.05, 3.63) is 51.8 Å². The lowest BCUT2D eigenvalue weighted by atomic mass is 10.1. The molecule has 9 nitrogen and oxygen atoms in total. The summed E-state index contributed by atoms with van der Waals surface area (Å²) in [4.78, 5) is 41.4. The number of nitrogens with zero attached hydrogens (tertiary/aromatic N) is 2. The Morgan fingerprint density at radius 3 is 2.76 bits per heavy atom. The predicted octanol–water partition coefficient (Wildman–Crippen LogP) is 2.04. The monoisotopic (exact) mass is 398 g/mol. The van der Waals surface area contributed by atoms with Crippen LogP contribution in [-0.2, 0) is 11.8 Å². The first-order valence-corrected chi connectivity index (χ1v) is 9.00. The number of esters is 1. The van der Waals surface area contributed by atoms with Gasteiger partial charge >= 0.3 is 5.97 Å². The van der Waals surface area contributed by atoms with Gasteiger partial charge in [0.25, 0.3) is 5.56 Å². The van der Waals surface area contributed by atoms with Gasteiger partial charge in [0.15, 0.2) is 23.9 Å². The van der Waals surface area contributed by atoms with Crippen molar-refractivity contribution in [3.8, 4) is 11.5 Å². The summed E-state index contributed by atoms with van der Waals surface area (Å²) < 4.78 is 22.9. The number of hydrogen-bond donors (Lipinski definition) is 0. The molecule has 150 valence electrons. The molecule has 1 aromatic carbocycles. The molecule has 0 N–H and O–H groups in total. The molecule has 0 aliphatic carbocycles. The lowest BCUT2D eigenvalue weighted by Gasteiger charge is -2.09. The van der Waals surface area contributed by atoms with Crippen molar-refractivity contribution < 1.29 is 28.2 Å². The van der Waals surface area contributed by atoms with Crippen LogP contribution in [0.25, 0.3) is 11.1 Å². The van der Waals surface area contributed by atoms with Crippen LogP contribution in [0.1, 0.15) is 32.9 Å². The molecule has 0 atom stereocenters. The molecule has 0 unspecified atom stereocenters. The summed E-state index contributed by atoms with van der Waals surface area (Å²) >= 11 is 0. The van der Waals surface area contributed by atoms with Crippen LogP contribution in [0.4, 0.5) is 0 Å². The predicted molar refractivity (Wildman–Crippen MR) is 101 cm³/mol. The van der Waals surface area contributed by atoms with Gasteiger partial charge in [0.2, 0.25) is 5.71 Å². The number of ketones is 1. The Morgan fingerprint density at radius 2 is 1.97 bits per heavy atom. The van der Waals surface area contributed by atoms with Crippen molar-refractivity contribution in [2.45, 2.75) is 13.3 Å². The number of Topliss-reactive ketones (excluding diaryl/α,β-unsaturated/α-hetero) is 1. The zero-order chi connectivity index (χ0) is 20.5. The topological polar surface area (TPSA) is 110 Å². The van der Waals surface area contributed by atoms with Crippen LogP contribution < -0.4 is 15.0 Å². The van der Waals surface area contributed by atoms with Gasteiger partial charge in [-0.05, 0) is 25.1 Å². The number of benzene rings is 1. The molecular formula is C20H18N2O7. The third kappa shape index (κ3) is 3.46. The second-order valence-electron chi connectivity index (χ2n) is 6.59. The third-order valence-electron chi connectivity index (χ3n) is 4.56. The van der Waals surface area contributed by atoms with Crippen LogP contribution in [0.2, 0.25) is 0 Å². The quantitative estimate of drug-likeness (QED) is 0.485. The van der Waals surface area contributed by atoms with E-state index in [-0.39, 0.29) is 22.4 Å². The fourth-order valence-electron chi connectivity index (χ4n) is 3.06. The third-order valence-corrected chi connectivity index (χ3v) is 4.56. The number of carbonyl (C=O) groups is 2. The van der Waals surface area contributed by atoms with Gasteiger partial charge in [-0.1, -0.05) is 0 Å². The van der Waals surface area contributed by atoms with E-state index in [1.807, 2.05) is 0 Å². The zero-order valence-electron chi connectivity index (χ0n) is 15.9. The van der Waals surface area contributed by atoms with E-state index in [4.69, 9.17) is 18.6 Å². The van der Waals surface area contributed by atoms with Crippen LogP contribution in [0.15, 0.2) is 33.7 Å². The van der Waals surface area contributed by atoms with Crippen LogP contribution in [-0.4, -0.2) is 41.1 Å². The summed E-state index contributed by atoms with van der Waals surface area (Å²) in [5.41, 5.74) is -0.0895. The first-order valence-electron chi connectivity index (χ1n) is 9.00. The molecule has 2 aromatic heterocycles. The summed E-state index contributed by atoms with van der Waals surface area (Å²) in [5, 5.41) is 0.0283. The molecule has 29 heavy (non-hydrogen) atoms. The zero-order valence-corrected chi connectivity index (χ0v) is 15.9. The van der Waals surface area contributed by atoms with Gasteiger partial charge in [-0.2, -0.15) is 0 Å². The summed E-state index contributed by atoms with van der Waals surface area (Å²) in [6, 6.07) is 4.80. The summed E-state index contributed by atoms with van der Waals surface area (Å²) in [7, 11) is 1.51. The van der Waals surface area contributed by atoms with Crippen molar-refractivity contribution in [3.63, 3.8) is 0 Å². The number of furan rings is 1. The Balaban J connectivity index is 1.53. The van der Waals surface area contributed by atoms with Gasteiger partial charge in [-0.15, -0.1) is 0 Å². The first kappa shape index (κ1) is 18.7. The van der Waals surface area contributed by atoms with Crippen LogP contribution in [0.3, 0.4) is 0 Å². The Hall–Kier alpha value is -3.62. The minimum Gasteiger partial charge on any atom is -0.490 e. The van der Waals surface area contributed by atoms with E-state index >= 15 is 0 Å². The summed E-state index contributed by atoms with van der Waals surface area (Å²) in [5.74, 6) is 0.00847. The van der Waals surface area contributed by atoms with E-state index in [1.54, 1.807) is 18.2 Å². The maximum Gasteiger partial charge on any atom is 0.343 e. The van der Waals surface area contributed by atoms with Gasteiger partial charge in [0, 0.05) is 19.0 Å². The maximum absolute atomic E-state index is 12.6. The van der Waals surface area contributed by atoms with Crippen molar-refractivity contribution in [2.24, 2.45) is 7.05 Å². The number of hydrogen-bond acceptors (Lipinski definition) is 8. The highest BCUT2D eigenvalue weighted by Gasteiger charge is 2.24. The van der Waals surface area contributed by atoms with Crippen molar-refractivity contribution >= 4 is 22.9 Å². The molecule has 3 heterocycles. The molecule has 4 rings (SSSR count). The molecule has 0 spiro atoms. The molecule has 0 amide bonds. The van der Waals surface area contributed by atoms with Gasteiger partial charge in [0.05, 0.1) is 13.2 Å². The van der Waals surface area contributed by atoms with Gasteiger partial charge in [-0.25, -0.2) is 9.78 Å². The highest BCUT2D eigenvalue weighted by molar-refractivity contribution is 6.05. The molecule has 1 aliphatic rings. The Labute approximate surface area is 164 Å². The first-order chi connectivity index (χ1) is 14.0. The fraction of sp³-hybridized carbons (Fsp3) is 0.300. The van der Waals surface area contributed by atoms with Crippen molar-refractivity contribution in [1.82, 2.24) is 9.55 Å². The SMILES string of the molecule is Cc1oc2ncn(C)c(=O)c2c1C(=O)OCC(=O)c1ccc2c(c1)OCCCO2. The van der Waals surface area contributed by atoms with Gasteiger partial charge in [-0.3, -0.25) is 9.59 Å². The number of ether oxygens (including phenoxy) is 3. The summed E-state index contributed by atoms with van der Waals surface area (Å²) in [6.07, 6.45) is 2.05. The fourth-order valence-corrected chi connectivity index (χ4v) is 3.06. The standard InChI is InChI=1S/C20H18N2O7/c1-11-16(17-18(29-11)21-10-22(2)19(17)24)20(25)28-9-13(23)12-4-5-14-15(8-12)27-7-3-6-26-14/h4-5,8,10H,3,6-7,9H2,1-2H3. The number of aromatic nitrogens is 2. The highest BCUT2D eigenvalue weighted by Crippen LogP contribution is 2.30. The lowest BCUT2D eigenvalue weighted by molar-refractivity contribution is 0.0474. The second kappa shape index (κ2) is 7.42. The molecule has 1 aliphatic heterocycles. The Morgan fingerprint density at radius 1 is 1.21 bits per heavy atom. The smallest absolute Gasteiger partial charge is 0.343 e. The molecule has 3 aromatic rings. The van der Waals surface area contributed by atoms with E-state index in [0.29, 0.717) is 30.3 Å². The van der Waals surface area contributed by atoms with E-state index in [2.05, 4.69) is 4.98 Å². The minimum atomic E-state index is -0.825.